The summed E-state index contributed by atoms with van der Waals surface area (Å²) in [6.45, 7) is 9.66. The molecule has 2 aromatic carbocycles. The Morgan fingerprint density at radius 1 is 1.04 bits per heavy atom. The number of hydrogen-bond donors (Lipinski definition) is 1. The van der Waals surface area contributed by atoms with Crippen molar-refractivity contribution in [3.05, 3.63) is 54.1 Å². The van der Waals surface area contributed by atoms with Gasteiger partial charge in [-0.3, -0.25) is 4.79 Å². The predicted octanol–water partition coefficient (Wildman–Crippen LogP) is 4.62. The number of aromatic nitrogens is 3. The second kappa shape index (κ2) is 8.25. The fourth-order valence-electron chi connectivity index (χ4n) is 2.70. The van der Waals surface area contributed by atoms with Crippen LogP contribution in [0.15, 0.2) is 48.5 Å². The van der Waals surface area contributed by atoms with Gasteiger partial charge in [0.05, 0.1) is 11.8 Å². The molecular weight excluding hydrogens is 352 g/mol. The minimum Gasteiger partial charge on any atom is -0.460 e. The lowest BCUT2D eigenvalue weighted by Gasteiger charge is -2.10. The van der Waals surface area contributed by atoms with Gasteiger partial charge in [0.2, 0.25) is 5.91 Å². The van der Waals surface area contributed by atoms with Gasteiger partial charge in [-0.1, -0.05) is 38.1 Å². The van der Waals surface area contributed by atoms with Gasteiger partial charge in [-0.2, -0.15) is 4.98 Å². The van der Waals surface area contributed by atoms with Gasteiger partial charge in [-0.15, -0.1) is 5.10 Å². The first-order valence-corrected chi connectivity index (χ1v) is 9.46. The first-order valence-electron chi connectivity index (χ1n) is 9.46. The number of nitrogens with zero attached hydrogens (tertiary/aromatic N) is 3. The number of aryl methyl sites for hydroxylation is 1. The molecule has 6 nitrogen and oxygen atoms in total. The van der Waals surface area contributed by atoms with Gasteiger partial charge in [0.25, 0.3) is 0 Å². The van der Waals surface area contributed by atoms with Crippen LogP contribution < -0.4 is 10.1 Å². The van der Waals surface area contributed by atoms with Gasteiger partial charge in [0, 0.05) is 17.2 Å². The third-order valence-corrected chi connectivity index (χ3v) is 4.22. The number of anilines is 1. The van der Waals surface area contributed by atoms with Gasteiger partial charge in [-0.05, 0) is 50.6 Å². The van der Waals surface area contributed by atoms with Crippen molar-refractivity contribution in [2.45, 2.75) is 40.7 Å². The van der Waals surface area contributed by atoms with Crippen LogP contribution in [0.1, 0.15) is 33.3 Å². The van der Waals surface area contributed by atoms with Crippen molar-refractivity contribution in [3.8, 4) is 23.1 Å². The number of ether oxygens (including phenoxy) is 1. The zero-order valence-corrected chi connectivity index (χ0v) is 16.9. The molecule has 0 saturated carbocycles. The Kier molecular flexibility index (Phi) is 5.78. The Bertz CT molecular complexity index is 959. The van der Waals surface area contributed by atoms with Crippen LogP contribution in [0.5, 0.6) is 6.01 Å². The van der Waals surface area contributed by atoms with E-state index in [1.54, 1.807) is 4.68 Å². The van der Waals surface area contributed by atoms with Crippen molar-refractivity contribution in [2.75, 3.05) is 5.32 Å². The third kappa shape index (κ3) is 4.39. The highest BCUT2D eigenvalue weighted by Crippen LogP contribution is 2.27. The van der Waals surface area contributed by atoms with E-state index in [0.717, 1.165) is 22.5 Å². The van der Waals surface area contributed by atoms with Crippen LogP contribution in [0.4, 0.5) is 5.69 Å². The zero-order chi connectivity index (χ0) is 20.3. The maximum Gasteiger partial charge on any atom is 0.336 e. The van der Waals surface area contributed by atoms with Crippen LogP contribution in [0.2, 0.25) is 0 Å². The Morgan fingerprint density at radius 2 is 1.71 bits per heavy atom. The van der Waals surface area contributed by atoms with Crippen molar-refractivity contribution in [1.82, 2.24) is 14.8 Å². The summed E-state index contributed by atoms with van der Waals surface area (Å²) in [5.74, 6) is 0.632. The SMILES string of the molecule is Cc1ccccc1-c1nc(OC(C)C)nn1-c1ccc(NC(=O)C(C)C)cc1. The van der Waals surface area contributed by atoms with Crippen LogP contribution in [-0.2, 0) is 4.79 Å². The van der Waals surface area contributed by atoms with Crippen LogP contribution in [0.25, 0.3) is 17.1 Å². The zero-order valence-electron chi connectivity index (χ0n) is 16.9. The Morgan fingerprint density at radius 3 is 2.32 bits per heavy atom. The summed E-state index contributed by atoms with van der Waals surface area (Å²) in [5.41, 5.74) is 3.68. The smallest absolute Gasteiger partial charge is 0.336 e. The fraction of sp³-hybridized carbons (Fsp3) is 0.318. The van der Waals surface area contributed by atoms with Crippen LogP contribution >= 0.6 is 0 Å². The molecule has 0 aliphatic heterocycles. The van der Waals surface area contributed by atoms with E-state index in [0.29, 0.717) is 11.8 Å². The highest BCUT2D eigenvalue weighted by Gasteiger charge is 2.17. The average molecular weight is 378 g/mol. The molecule has 28 heavy (non-hydrogen) atoms. The number of hydrogen-bond acceptors (Lipinski definition) is 4. The summed E-state index contributed by atoms with van der Waals surface area (Å²) in [6, 6.07) is 15.9. The second-order valence-electron chi connectivity index (χ2n) is 7.30. The van der Waals surface area contributed by atoms with Crippen molar-refractivity contribution in [3.63, 3.8) is 0 Å². The number of carbonyl (C=O) groups is 1. The molecular formula is C22H26N4O2. The summed E-state index contributed by atoms with van der Waals surface area (Å²) >= 11 is 0. The summed E-state index contributed by atoms with van der Waals surface area (Å²) in [5, 5.41) is 7.45. The fourth-order valence-corrected chi connectivity index (χ4v) is 2.70. The molecule has 0 radical (unpaired) electrons. The summed E-state index contributed by atoms with van der Waals surface area (Å²) in [6.07, 6.45) is -0.0193. The lowest BCUT2D eigenvalue weighted by molar-refractivity contribution is -0.118. The van der Waals surface area contributed by atoms with Crippen LogP contribution in [0, 0.1) is 12.8 Å². The van der Waals surface area contributed by atoms with E-state index < -0.39 is 0 Å². The minimum atomic E-state index is -0.0709. The van der Waals surface area contributed by atoms with Gasteiger partial charge in [-0.25, -0.2) is 4.68 Å². The highest BCUT2D eigenvalue weighted by atomic mass is 16.5. The summed E-state index contributed by atoms with van der Waals surface area (Å²) in [7, 11) is 0. The molecule has 3 aromatic rings. The van der Waals surface area contributed by atoms with Crippen molar-refractivity contribution in [2.24, 2.45) is 5.92 Å². The number of rotatable bonds is 6. The molecule has 1 aromatic heterocycles. The van der Waals surface area contributed by atoms with E-state index in [9.17, 15) is 4.79 Å². The maximum absolute atomic E-state index is 11.9. The van der Waals surface area contributed by atoms with Gasteiger partial charge in [0.15, 0.2) is 5.82 Å². The molecule has 6 heteroatoms. The molecule has 1 heterocycles. The van der Waals surface area contributed by atoms with Gasteiger partial charge in [0.1, 0.15) is 0 Å². The van der Waals surface area contributed by atoms with Crippen molar-refractivity contribution >= 4 is 11.6 Å². The highest BCUT2D eigenvalue weighted by molar-refractivity contribution is 5.92. The van der Waals surface area contributed by atoms with Crippen LogP contribution in [0.3, 0.4) is 0 Å². The molecule has 0 aliphatic carbocycles. The summed E-state index contributed by atoms with van der Waals surface area (Å²) < 4.78 is 7.49. The van der Waals surface area contributed by atoms with E-state index in [-0.39, 0.29) is 17.9 Å². The second-order valence-corrected chi connectivity index (χ2v) is 7.30. The monoisotopic (exact) mass is 378 g/mol. The van der Waals surface area contributed by atoms with Gasteiger partial charge >= 0.3 is 6.01 Å². The number of benzene rings is 2. The third-order valence-electron chi connectivity index (χ3n) is 4.22. The first kappa shape index (κ1) is 19.6. The first-order chi connectivity index (χ1) is 13.3. The molecule has 0 saturated heterocycles. The average Bonchev–Trinajstić information content (AvgIpc) is 3.05. The van der Waals surface area contributed by atoms with Crippen molar-refractivity contribution in [1.29, 1.82) is 0 Å². The Labute approximate surface area is 165 Å². The van der Waals surface area contributed by atoms with E-state index in [2.05, 4.69) is 15.4 Å². The predicted molar refractivity (Wildman–Crippen MR) is 111 cm³/mol. The Balaban J connectivity index is 1.99. The molecule has 1 N–H and O–H groups in total. The summed E-state index contributed by atoms with van der Waals surface area (Å²) in [4.78, 5) is 16.5. The quantitative estimate of drug-likeness (QED) is 0.679. The molecule has 0 aliphatic rings. The minimum absolute atomic E-state index is 0.0123. The van der Waals surface area contributed by atoms with E-state index in [1.807, 2.05) is 83.1 Å². The van der Waals surface area contributed by atoms with Crippen LogP contribution in [-0.4, -0.2) is 26.8 Å². The molecule has 1 amide bonds. The van der Waals surface area contributed by atoms with E-state index in [1.165, 1.54) is 0 Å². The van der Waals surface area contributed by atoms with E-state index in [4.69, 9.17) is 4.74 Å². The molecule has 0 atom stereocenters. The molecule has 0 unspecified atom stereocenters. The molecule has 146 valence electrons. The lowest BCUT2D eigenvalue weighted by atomic mass is 10.1. The molecule has 0 spiro atoms. The lowest BCUT2D eigenvalue weighted by Crippen LogP contribution is -2.17. The van der Waals surface area contributed by atoms with Gasteiger partial charge < -0.3 is 10.1 Å². The number of carbonyl (C=O) groups excluding carboxylic acids is 1. The molecule has 0 fully saturated rings. The normalized spacial score (nSPS) is 11.1. The maximum atomic E-state index is 11.9. The Hall–Kier alpha value is -3.15. The standard InChI is InChI=1S/C22H26N4O2/c1-14(2)21(27)23-17-10-12-18(13-11-17)26-20(19-9-7-6-8-16(19)5)24-22(25-26)28-15(3)4/h6-15H,1-5H3,(H,23,27). The van der Waals surface area contributed by atoms with Crippen molar-refractivity contribution < 1.29 is 9.53 Å². The largest absolute Gasteiger partial charge is 0.460 e. The number of amides is 1. The van der Waals surface area contributed by atoms with E-state index >= 15 is 0 Å². The molecule has 0 bridgehead atoms. The topological polar surface area (TPSA) is 69.0 Å². The molecule has 3 rings (SSSR count). The number of nitrogens with one attached hydrogen (secondary N) is 1.